The van der Waals surface area contributed by atoms with E-state index in [1.165, 1.54) is 6.08 Å². The highest BCUT2D eigenvalue weighted by atomic mass is 35.5. The summed E-state index contributed by atoms with van der Waals surface area (Å²) in [6, 6.07) is 8.89. The topological polar surface area (TPSA) is 100 Å². The molecule has 0 saturated carbocycles. The zero-order chi connectivity index (χ0) is 22.3. The lowest BCUT2D eigenvalue weighted by molar-refractivity contribution is -0.114. The lowest BCUT2D eigenvalue weighted by atomic mass is 10.0. The van der Waals surface area contributed by atoms with E-state index < -0.39 is 11.8 Å². The van der Waals surface area contributed by atoms with Crippen LogP contribution < -0.4 is 4.74 Å². The van der Waals surface area contributed by atoms with Gasteiger partial charge in [0.1, 0.15) is 22.8 Å². The SMILES string of the molecule is CCOC(=O)c1sc(CC(=O)/C(C#N)=C/c2ccc(OCC)c(Cl)c2)c(C#N)c1C. The quantitative estimate of drug-likeness (QED) is 0.328. The zero-order valence-electron chi connectivity index (χ0n) is 16.7. The number of Topliss-reactive ketones (excluding diaryl/α,β-unsaturated/α-hetero) is 1. The monoisotopic (exact) mass is 442 g/mol. The molecule has 0 unspecified atom stereocenters. The molecule has 0 aliphatic carbocycles. The average Bonchev–Trinajstić information content (AvgIpc) is 3.03. The number of hydrogen-bond acceptors (Lipinski definition) is 7. The number of nitrogens with zero attached hydrogens (tertiary/aromatic N) is 2. The highest BCUT2D eigenvalue weighted by molar-refractivity contribution is 7.14. The molecule has 1 aromatic heterocycles. The van der Waals surface area contributed by atoms with E-state index in [0.29, 0.717) is 33.4 Å². The molecule has 6 nitrogen and oxygen atoms in total. The second-order valence-corrected chi connectivity index (χ2v) is 7.59. The fourth-order valence-corrected chi connectivity index (χ4v) is 4.09. The van der Waals surface area contributed by atoms with Crippen molar-refractivity contribution >= 4 is 40.8 Å². The van der Waals surface area contributed by atoms with Crippen LogP contribution in [0, 0.1) is 29.6 Å². The zero-order valence-corrected chi connectivity index (χ0v) is 18.3. The van der Waals surface area contributed by atoms with Crippen molar-refractivity contribution in [2.45, 2.75) is 27.2 Å². The van der Waals surface area contributed by atoms with E-state index >= 15 is 0 Å². The van der Waals surface area contributed by atoms with Crippen LogP contribution in [0.4, 0.5) is 0 Å². The first-order valence-corrected chi connectivity index (χ1v) is 10.3. The van der Waals surface area contributed by atoms with Crippen LogP contribution in [0.25, 0.3) is 6.08 Å². The summed E-state index contributed by atoms with van der Waals surface area (Å²) >= 11 is 7.20. The van der Waals surface area contributed by atoms with E-state index in [9.17, 15) is 20.1 Å². The van der Waals surface area contributed by atoms with Crippen LogP contribution in [-0.4, -0.2) is 25.0 Å². The Morgan fingerprint density at radius 1 is 1.23 bits per heavy atom. The molecule has 8 heteroatoms. The molecule has 0 atom stereocenters. The maximum atomic E-state index is 12.7. The number of benzene rings is 1. The molecule has 0 spiro atoms. The number of thiophene rings is 1. The van der Waals surface area contributed by atoms with Gasteiger partial charge in [-0.05, 0) is 50.1 Å². The van der Waals surface area contributed by atoms with E-state index in [2.05, 4.69) is 0 Å². The Labute approximate surface area is 183 Å². The number of esters is 1. The minimum absolute atomic E-state index is 0.0807. The first-order chi connectivity index (χ1) is 14.4. The molecule has 0 bridgehead atoms. The number of rotatable bonds is 8. The van der Waals surface area contributed by atoms with Gasteiger partial charge in [-0.1, -0.05) is 17.7 Å². The normalized spacial score (nSPS) is 10.8. The van der Waals surface area contributed by atoms with Crippen LogP contribution in [0.1, 0.15) is 45.1 Å². The van der Waals surface area contributed by atoms with Gasteiger partial charge in [0, 0.05) is 11.3 Å². The van der Waals surface area contributed by atoms with Crippen molar-refractivity contribution in [1.82, 2.24) is 0 Å². The van der Waals surface area contributed by atoms with E-state index in [-0.39, 0.29) is 29.0 Å². The minimum atomic E-state index is -0.532. The third kappa shape index (κ3) is 5.27. The first kappa shape index (κ1) is 23.2. The van der Waals surface area contributed by atoms with Crippen LogP contribution in [-0.2, 0) is 16.0 Å². The summed E-state index contributed by atoms with van der Waals surface area (Å²) in [6.07, 6.45) is 1.26. The first-order valence-electron chi connectivity index (χ1n) is 9.12. The maximum absolute atomic E-state index is 12.7. The summed E-state index contributed by atoms with van der Waals surface area (Å²) in [5, 5.41) is 19.3. The van der Waals surface area contributed by atoms with E-state index in [1.54, 1.807) is 32.0 Å². The summed E-state index contributed by atoms with van der Waals surface area (Å²) in [6.45, 7) is 5.84. The molecule has 0 N–H and O–H groups in total. The van der Waals surface area contributed by atoms with Crippen molar-refractivity contribution < 1.29 is 19.1 Å². The third-order valence-corrected chi connectivity index (χ3v) is 5.67. The molecule has 1 heterocycles. The van der Waals surface area contributed by atoms with Crippen LogP contribution in [0.5, 0.6) is 5.75 Å². The van der Waals surface area contributed by atoms with Gasteiger partial charge in [0.25, 0.3) is 0 Å². The Hall–Kier alpha value is -3.13. The number of nitriles is 2. The molecule has 1 aromatic carbocycles. The Morgan fingerprint density at radius 2 is 1.97 bits per heavy atom. The Kier molecular flexibility index (Phi) is 8.17. The second-order valence-electron chi connectivity index (χ2n) is 6.08. The highest BCUT2D eigenvalue weighted by Crippen LogP contribution is 2.30. The number of halogens is 1. The molecule has 0 aliphatic rings. The Morgan fingerprint density at radius 3 is 2.53 bits per heavy atom. The van der Waals surface area contributed by atoms with Gasteiger partial charge >= 0.3 is 5.97 Å². The number of hydrogen-bond donors (Lipinski definition) is 0. The van der Waals surface area contributed by atoms with Crippen LogP contribution in [0.2, 0.25) is 5.02 Å². The van der Waals surface area contributed by atoms with Gasteiger partial charge in [0.05, 0.1) is 29.4 Å². The van der Waals surface area contributed by atoms with Crippen molar-refractivity contribution in [3.63, 3.8) is 0 Å². The predicted octanol–water partition coefficient (Wildman–Crippen LogP) is 4.88. The molecule has 2 aromatic rings. The standard InChI is InChI=1S/C22H19ClN2O4S/c1-4-28-19-7-6-14(9-17(19)23)8-15(11-24)18(26)10-20-16(12-25)13(3)21(30-20)22(27)29-5-2/h6-9H,4-5,10H2,1-3H3/b15-8+. The molecule has 30 heavy (non-hydrogen) atoms. The highest BCUT2D eigenvalue weighted by Gasteiger charge is 2.23. The molecule has 2 rings (SSSR count). The van der Waals surface area contributed by atoms with Gasteiger partial charge in [-0.25, -0.2) is 4.79 Å². The van der Waals surface area contributed by atoms with Crippen molar-refractivity contribution in [1.29, 1.82) is 10.5 Å². The number of carbonyl (C=O) groups is 2. The number of ketones is 1. The molecule has 0 radical (unpaired) electrons. The van der Waals surface area contributed by atoms with Crippen molar-refractivity contribution in [3.05, 3.63) is 55.2 Å². The van der Waals surface area contributed by atoms with Crippen molar-refractivity contribution in [2.75, 3.05) is 13.2 Å². The lowest BCUT2D eigenvalue weighted by Crippen LogP contribution is -2.05. The molecular weight excluding hydrogens is 424 g/mol. The van der Waals surface area contributed by atoms with Gasteiger partial charge in [0.15, 0.2) is 5.78 Å². The molecule has 0 fully saturated rings. The van der Waals surface area contributed by atoms with E-state index in [1.807, 2.05) is 19.1 Å². The third-order valence-electron chi connectivity index (χ3n) is 4.10. The fourth-order valence-electron chi connectivity index (χ4n) is 2.70. The molecule has 0 aliphatic heterocycles. The van der Waals surface area contributed by atoms with Crippen LogP contribution in [0.15, 0.2) is 23.8 Å². The molecule has 154 valence electrons. The fraction of sp³-hybridized carbons (Fsp3) is 0.273. The average molecular weight is 443 g/mol. The van der Waals surface area contributed by atoms with E-state index in [4.69, 9.17) is 21.1 Å². The van der Waals surface area contributed by atoms with Gasteiger partial charge in [0.2, 0.25) is 0 Å². The van der Waals surface area contributed by atoms with Gasteiger partial charge in [-0.2, -0.15) is 10.5 Å². The summed E-state index contributed by atoms with van der Waals surface area (Å²) in [5.74, 6) is -0.480. The summed E-state index contributed by atoms with van der Waals surface area (Å²) in [7, 11) is 0. The van der Waals surface area contributed by atoms with Gasteiger partial charge in [-0.15, -0.1) is 11.3 Å². The lowest BCUT2D eigenvalue weighted by Gasteiger charge is -2.06. The smallest absolute Gasteiger partial charge is 0.348 e. The molecule has 0 saturated heterocycles. The predicted molar refractivity (Wildman–Crippen MR) is 115 cm³/mol. The summed E-state index contributed by atoms with van der Waals surface area (Å²) in [5.41, 5.74) is 1.23. The summed E-state index contributed by atoms with van der Waals surface area (Å²) < 4.78 is 10.4. The Balaban J connectivity index is 2.32. The maximum Gasteiger partial charge on any atom is 0.348 e. The van der Waals surface area contributed by atoms with Crippen LogP contribution >= 0.6 is 22.9 Å². The van der Waals surface area contributed by atoms with Crippen molar-refractivity contribution in [2.24, 2.45) is 0 Å². The Bertz CT molecular complexity index is 1090. The van der Waals surface area contributed by atoms with Crippen molar-refractivity contribution in [3.8, 4) is 17.9 Å². The largest absolute Gasteiger partial charge is 0.492 e. The number of ether oxygens (including phenoxy) is 2. The summed E-state index contributed by atoms with van der Waals surface area (Å²) in [4.78, 5) is 25.5. The van der Waals surface area contributed by atoms with Gasteiger partial charge in [-0.3, -0.25) is 4.79 Å². The van der Waals surface area contributed by atoms with Crippen LogP contribution in [0.3, 0.4) is 0 Å². The van der Waals surface area contributed by atoms with E-state index in [0.717, 1.165) is 11.3 Å². The van der Waals surface area contributed by atoms with Gasteiger partial charge < -0.3 is 9.47 Å². The minimum Gasteiger partial charge on any atom is -0.492 e. The molecule has 0 amide bonds. The second kappa shape index (κ2) is 10.6. The number of allylic oxidation sites excluding steroid dienone is 1. The number of carbonyl (C=O) groups excluding carboxylic acids is 2. The molecular formula is C22H19ClN2O4S.